The van der Waals surface area contributed by atoms with E-state index in [1.165, 1.54) is 0 Å². The van der Waals surface area contributed by atoms with Crippen LogP contribution in [0.5, 0.6) is 0 Å². The minimum absolute atomic E-state index is 0.0916. The fourth-order valence-electron chi connectivity index (χ4n) is 1.98. The zero-order chi connectivity index (χ0) is 8.55. The first-order valence-electron chi connectivity index (χ1n) is 4.13. The van der Waals surface area contributed by atoms with Crippen molar-refractivity contribution < 1.29 is 9.78 Å². The fraction of sp³-hybridized carbons (Fsp3) is 0.625. The maximum atomic E-state index is 6.82. The van der Waals surface area contributed by atoms with Gasteiger partial charge in [0.05, 0.1) is 0 Å². The maximum Gasteiger partial charge on any atom is 0.317 e. The van der Waals surface area contributed by atoms with Crippen molar-refractivity contribution in [3.8, 4) is 0 Å². The largest absolute Gasteiger partial charge is 0.351 e. The lowest BCUT2D eigenvalue weighted by Crippen LogP contribution is -2.24. The number of nitrogens with one attached hydrogen (secondary N) is 1. The second-order valence-corrected chi connectivity index (χ2v) is 3.30. The van der Waals surface area contributed by atoms with Crippen LogP contribution in [0.25, 0.3) is 0 Å². The number of nitrogens with two attached hydrogens (primary N) is 1. The van der Waals surface area contributed by atoms with Gasteiger partial charge in [-0.3, -0.25) is 4.89 Å². The Bertz CT molecular complexity index is 213. The second kappa shape index (κ2) is 2.79. The van der Waals surface area contributed by atoms with Crippen LogP contribution in [0.2, 0.25) is 0 Å². The van der Waals surface area contributed by atoms with Gasteiger partial charge >= 0.3 is 6.02 Å². The molecule has 0 spiro atoms. The Kier molecular flexibility index (Phi) is 1.77. The van der Waals surface area contributed by atoms with Crippen molar-refractivity contribution in [2.24, 2.45) is 17.6 Å². The van der Waals surface area contributed by atoms with Crippen LogP contribution >= 0.6 is 0 Å². The molecule has 12 heavy (non-hydrogen) atoms. The summed E-state index contributed by atoms with van der Waals surface area (Å²) in [4.78, 5) is 9.57. The van der Waals surface area contributed by atoms with Crippen LogP contribution in [0.1, 0.15) is 12.8 Å². The number of hydrogen-bond donors (Lipinski definition) is 2. The third kappa shape index (κ3) is 1.18. The molecule has 0 aromatic rings. The van der Waals surface area contributed by atoms with Crippen molar-refractivity contribution in [2.45, 2.75) is 18.9 Å². The van der Waals surface area contributed by atoms with Gasteiger partial charge in [-0.1, -0.05) is 12.2 Å². The molecule has 0 amide bonds. The van der Waals surface area contributed by atoms with Gasteiger partial charge in [0.15, 0.2) is 0 Å². The monoisotopic (exact) mass is 168 g/mol. The maximum absolute atomic E-state index is 6.82. The summed E-state index contributed by atoms with van der Waals surface area (Å²) in [7, 11) is 0. The third-order valence-electron chi connectivity index (χ3n) is 2.53. The van der Waals surface area contributed by atoms with Gasteiger partial charge < -0.3 is 5.73 Å². The minimum atomic E-state index is -0.374. The molecule has 0 radical (unpaired) electrons. The molecule has 2 bridgehead atoms. The van der Waals surface area contributed by atoms with Gasteiger partial charge in [0, 0.05) is 11.8 Å². The summed E-state index contributed by atoms with van der Waals surface area (Å²) in [5.41, 5.74) is 5.00. The smallest absolute Gasteiger partial charge is 0.317 e. The Morgan fingerprint density at radius 3 is 2.33 bits per heavy atom. The van der Waals surface area contributed by atoms with Crippen LogP contribution in [-0.4, -0.2) is 12.1 Å². The lowest BCUT2D eigenvalue weighted by molar-refractivity contribution is -0.269. The van der Waals surface area contributed by atoms with E-state index in [9.17, 15) is 0 Å². The van der Waals surface area contributed by atoms with E-state index in [1.807, 2.05) is 0 Å². The van der Waals surface area contributed by atoms with Crippen LogP contribution in [0.3, 0.4) is 0 Å². The topological polar surface area (TPSA) is 68.3 Å². The first-order valence-corrected chi connectivity index (χ1v) is 4.13. The van der Waals surface area contributed by atoms with Gasteiger partial charge in [-0.05, 0) is 12.8 Å². The van der Waals surface area contributed by atoms with E-state index in [1.54, 1.807) is 0 Å². The molecule has 3 N–H and O–H groups in total. The van der Waals surface area contributed by atoms with Gasteiger partial charge in [0.2, 0.25) is 0 Å². The molecule has 0 aromatic carbocycles. The predicted octanol–water partition coefficient (Wildman–Crippen LogP) is 0.793. The zero-order valence-electron chi connectivity index (χ0n) is 6.69. The van der Waals surface area contributed by atoms with E-state index in [2.05, 4.69) is 17.0 Å². The standard InChI is InChI=1S/C8H12N2O2/c9-8(10)12-11-7-5-1-2-6(7)4-3-5/h1-2,5-7H,3-4H2,(H3,9,10). The summed E-state index contributed by atoms with van der Waals surface area (Å²) in [6.45, 7) is 0. The molecular weight excluding hydrogens is 156 g/mol. The van der Waals surface area contributed by atoms with E-state index in [-0.39, 0.29) is 12.1 Å². The highest BCUT2D eigenvalue weighted by molar-refractivity contribution is 5.66. The highest BCUT2D eigenvalue weighted by Gasteiger charge is 2.39. The van der Waals surface area contributed by atoms with E-state index in [0.29, 0.717) is 11.8 Å². The second-order valence-electron chi connectivity index (χ2n) is 3.30. The molecule has 2 aliphatic rings. The van der Waals surface area contributed by atoms with Gasteiger partial charge in [0.25, 0.3) is 0 Å². The van der Waals surface area contributed by atoms with Crippen LogP contribution in [0, 0.1) is 17.2 Å². The highest BCUT2D eigenvalue weighted by Crippen LogP contribution is 2.41. The van der Waals surface area contributed by atoms with Gasteiger partial charge in [0.1, 0.15) is 6.10 Å². The van der Waals surface area contributed by atoms with E-state index >= 15 is 0 Å². The van der Waals surface area contributed by atoms with E-state index in [0.717, 1.165) is 12.8 Å². The van der Waals surface area contributed by atoms with Crippen molar-refractivity contribution in [2.75, 3.05) is 0 Å². The molecule has 66 valence electrons. The van der Waals surface area contributed by atoms with E-state index < -0.39 is 0 Å². The molecule has 1 saturated carbocycles. The zero-order valence-corrected chi connectivity index (χ0v) is 6.69. The molecule has 0 aliphatic heterocycles. The van der Waals surface area contributed by atoms with Crippen molar-refractivity contribution in [3.63, 3.8) is 0 Å². The highest BCUT2D eigenvalue weighted by atomic mass is 17.2. The quantitative estimate of drug-likeness (QED) is 0.210. The van der Waals surface area contributed by atoms with E-state index in [4.69, 9.17) is 16.0 Å². The summed E-state index contributed by atoms with van der Waals surface area (Å²) < 4.78 is 0. The first kappa shape index (κ1) is 7.61. The average Bonchev–Trinajstić information content (AvgIpc) is 2.59. The molecule has 2 unspecified atom stereocenters. The lowest BCUT2D eigenvalue weighted by Gasteiger charge is -2.13. The average molecular weight is 168 g/mol. The van der Waals surface area contributed by atoms with Crippen LogP contribution in [0.15, 0.2) is 12.2 Å². The number of hydrogen-bond acceptors (Lipinski definition) is 3. The van der Waals surface area contributed by atoms with Gasteiger partial charge in [-0.2, -0.15) is 4.89 Å². The molecule has 4 heteroatoms. The van der Waals surface area contributed by atoms with Crippen molar-refractivity contribution in [3.05, 3.63) is 12.2 Å². The van der Waals surface area contributed by atoms with Crippen LogP contribution in [-0.2, 0) is 9.78 Å². The Labute approximate surface area is 70.8 Å². The molecular formula is C8H12N2O2. The van der Waals surface area contributed by atoms with Crippen molar-refractivity contribution in [1.29, 1.82) is 5.41 Å². The Hall–Kier alpha value is -1.03. The number of fused-ring (bicyclic) bond motifs is 2. The Morgan fingerprint density at radius 1 is 1.33 bits per heavy atom. The van der Waals surface area contributed by atoms with Gasteiger partial charge in [-0.25, -0.2) is 5.41 Å². The van der Waals surface area contributed by atoms with Crippen LogP contribution in [0.4, 0.5) is 0 Å². The van der Waals surface area contributed by atoms with Crippen molar-refractivity contribution >= 4 is 6.02 Å². The summed E-state index contributed by atoms with van der Waals surface area (Å²) >= 11 is 0. The summed E-state index contributed by atoms with van der Waals surface area (Å²) in [6.07, 6.45) is 6.72. The summed E-state index contributed by atoms with van der Waals surface area (Å²) in [6, 6.07) is -0.374. The molecule has 4 nitrogen and oxygen atoms in total. The Morgan fingerprint density at radius 2 is 1.92 bits per heavy atom. The molecule has 2 aliphatic carbocycles. The third-order valence-corrected chi connectivity index (χ3v) is 2.53. The molecule has 2 atom stereocenters. The predicted molar refractivity (Wildman–Crippen MR) is 43.2 cm³/mol. The first-order chi connectivity index (χ1) is 5.77. The fourth-order valence-corrected chi connectivity index (χ4v) is 1.98. The SMILES string of the molecule is N=C(N)OOC1C2C=CC1CC2. The minimum Gasteiger partial charge on any atom is -0.351 e. The Balaban J connectivity index is 1.87. The summed E-state index contributed by atoms with van der Waals surface area (Å²) in [5.74, 6) is 0.934. The normalized spacial score (nSPS) is 37.2. The lowest BCUT2D eigenvalue weighted by atomic mass is 10.1. The number of amidine groups is 1. The van der Waals surface area contributed by atoms with Crippen molar-refractivity contribution in [1.82, 2.24) is 0 Å². The molecule has 0 heterocycles. The molecule has 2 rings (SSSR count). The molecule has 0 saturated heterocycles. The molecule has 1 fully saturated rings. The van der Waals surface area contributed by atoms with Gasteiger partial charge in [-0.15, -0.1) is 0 Å². The summed E-state index contributed by atoms with van der Waals surface area (Å²) in [5, 5.41) is 6.82. The van der Waals surface area contributed by atoms with Crippen LogP contribution < -0.4 is 5.73 Å². The number of rotatable bonds is 2. The molecule has 0 aromatic heterocycles.